The maximum atomic E-state index is 12.4. The van der Waals surface area contributed by atoms with Gasteiger partial charge in [-0.25, -0.2) is 0 Å². The molecule has 20 heavy (non-hydrogen) atoms. The number of nitrogens with zero attached hydrogens (tertiary/aromatic N) is 2. The first-order valence-corrected chi connectivity index (χ1v) is 7.87. The van der Waals surface area contributed by atoms with Crippen LogP contribution in [0.1, 0.15) is 53.3 Å². The lowest BCUT2D eigenvalue weighted by atomic mass is 9.85. The highest BCUT2D eigenvalue weighted by atomic mass is 32.2. The Bertz CT molecular complexity index is 446. The molecule has 2 atom stereocenters. The van der Waals surface area contributed by atoms with Gasteiger partial charge >= 0.3 is 0 Å². The lowest BCUT2D eigenvalue weighted by Crippen LogP contribution is -2.45. The summed E-state index contributed by atoms with van der Waals surface area (Å²) in [5, 5.41) is 4.48. The van der Waals surface area contributed by atoms with Crippen LogP contribution in [0, 0.1) is 5.41 Å². The Hall–Kier alpha value is -0.720. The standard InChI is InChI=1S/C14H27N3O2S/c1-13(2,3)12(16-20(18)14(4,5)6)11-10(19-8)9-17(7)15-11/h9,12,16H,1-8H3/t12-,20+/m0/s1. The largest absolute Gasteiger partial charge is 0.598 e. The molecule has 0 fully saturated rings. The Labute approximate surface area is 125 Å². The van der Waals surface area contributed by atoms with Crippen LogP contribution >= 0.6 is 0 Å². The summed E-state index contributed by atoms with van der Waals surface area (Å²) in [4.78, 5) is 0. The molecule has 0 aliphatic rings. The first kappa shape index (κ1) is 17.3. The number of methoxy groups -OCH3 is 1. The minimum absolute atomic E-state index is 0.136. The Morgan fingerprint density at radius 1 is 1.30 bits per heavy atom. The van der Waals surface area contributed by atoms with Crippen molar-refractivity contribution < 1.29 is 9.29 Å². The van der Waals surface area contributed by atoms with Crippen LogP contribution in [-0.2, 0) is 18.4 Å². The molecular formula is C14H27N3O2S. The minimum Gasteiger partial charge on any atom is -0.598 e. The highest BCUT2D eigenvalue weighted by molar-refractivity contribution is 7.90. The maximum absolute atomic E-state index is 12.4. The monoisotopic (exact) mass is 301 g/mol. The van der Waals surface area contributed by atoms with Gasteiger partial charge in [0.25, 0.3) is 0 Å². The lowest BCUT2D eigenvalue weighted by Gasteiger charge is -2.34. The maximum Gasteiger partial charge on any atom is 0.161 e. The number of nitrogens with one attached hydrogen (secondary N) is 1. The molecule has 1 aromatic heterocycles. The molecule has 0 saturated heterocycles. The van der Waals surface area contributed by atoms with Gasteiger partial charge in [-0.2, -0.15) is 5.10 Å². The summed E-state index contributed by atoms with van der Waals surface area (Å²) in [5.74, 6) is 0.714. The molecule has 0 aromatic carbocycles. The first-order valence-electron chi connectivity index (χ1n) is 6.72. The quantitative estimate of drug-likeness (QED) is 0.868. The summed E-state index contributed by atoms with van der Waals surface area (Å²) in [6.45, 7) is 12.1. The van der Waals surface area contributed by atoms with Crippen LogP contribution in [0.2, 0.25) is 0 Å². The zero-order valence-electron chi connectivity index (χ0n) is 13.8. The van der Waals surface area contributed by atoms with Crippen molar-refractivity contribution in [3.05, 3.63) is 11.9 Å². The third kappa shape index (κ3) is 4.14. The van der Waals surface area contributed by atoms with Crippen LogP contribution < -0.4 is 9.46 Å². The van der Waals surface area contributed by atoms with E-state index in [2.05, 4.69) is 30.6 Å². The van der Waals surface area contributed by atoms with Gasteiger partial charge in [0.2, 0.25) is 0 Å². The average molecular weight is 301 g/mol. The third-order valence-corrected chi connectivity index (χ3v) is 4.52. The Morgan fingerprint density at radius 2 is 1.85 bits per heavy atom. The van der Waals surface area contributed by atoms with E-state index in [1.807, 2.05) is 34.0 Å². The van der Waals surface area contributed by atoms with E-state index in [1.54, 1.807) is 11.8 Å². The lowest BCUT2D eigenvalue weighted by molar-refractivity contribution is 0.286. The van der Waals surface area contributed by atoms with Gasteiger partial charge < -0.3 is 9.29 Å². The molecule has 1 rings (SSSR count). The fourth-order valence-corrected chi connectivity index (χ4v) is 2.80. The summed E-state index contributed by atoms with van der Waals surface area (Å²) in [6.07, 6.45) is 1.83. The third-order valence-electron chi connectivity index (χ3n) is 2.96. The molecule has 0 aliphatic heterocycles. The van der Waals surface area contributed by atoms with Crippen LogP contribution in [0.25, 0.3) is 0 Å². The Kier molecular flexibility index (Phi) is 5.16. The number of rotatable bonds is 4. The molecule has 0 aliphatic carbocycles. The van der Waals surface area contributed by atoms with E-state index >= 15 is 0 Å². The van der Waals surface area contributed by atoms with Gasteiger partial charge in [0, 0.05) is 18.4 Å². The molecule has 116 valence electrons. The highest BCUT2D eigenvalue weighted by Gasteiger charge is 2.38. The van der Waals surface area contributed by atoms with Crippen molar-refractivity contribution in [1.82, 2.24) is 14.5 Å². The van der Waals surface area contributed by atoms with Crippen molar-refractivity contribution in [3.8, 4) is 5.75 Å². The van der Waals surface area contributed by atoms with Crippen LogP contribution in [0.5, 0.6) is 5.75 Å². The van der Waals surface area contributed by atoms with Gasteiger partial charge in [0.15, 0.2) is 5.75 Å². The van der Waals surface area contributed by atoms with E-state index < -0.39 is 11.4 Å². The van der Waals surface area contributed by atoms with Gasteiger partial charge in [0.1, 0.15) is 16.5 Å². The molecule has 0 unspecified atom stereocenters. The molecule has 0 spiro atoms. The summed E-state index contributed by atoms with van der Waals surface area (Å²) in [5.41, 5.74) is 0.655. The van der Waals surface area contributed by atoms with E-state index in [0.717, 1.165) is 5.69 Å². The summed E-state index contributed by atoms with van der Waals surface area (Å²) < 4.78 is 22.4. The van der Waals surface area contributed by atoms with Crippen molar-refractivity contribution >= 4 is 11.4 Å². The minimum atomic E-state index is -1.17. The van der Waals surface area contributed by atoms with Crippen LogP contribution in [0.15, 0.2) is 6.20 Å². The van der Waals surface area contributed by atoms with E-state index in [-0.39, 0.29) is 16.2 Å². The summed E-state index contributed by atoms with van der Waals surface area (Å²) in [7, 11) is 3.48. The molecule has 0 saturated carbocycles. The van der Waals surface area contributed by atoms with E-state index in [1.165, 1.54) is 0 Å². The number of hydrogen-bond acceptors (Lipinski definition) is 4. The second kappa shape index (κ2) is 5.95. The fourth-order valence-electron chi connectivity index (χ4n) is 1.77. The van der Waals surface area contributed by atoms with Crippen molar-refractivity contribution in [2.24, 2.45) is 12.5 Å². The van der Waals surface area contributed by atoms with Crippen molar-refractivity contribution in [3.63, 3.8) is 0 Å². The van der Waals surface area contributed by atoms with Gasteiger partial charge in [-0.1, -0.05) is 20.8 Å². The topological polar surface area (TPSA) is 62.1 Å². The van der Waals surface area contributed by atoms with Crippen molar-refractivity contribution in [2.75, 3.05) is 7.11 Å². The normalized spacial score (nSPS) is 16.1. The zero-order valence-corrected chi connectivity index (χ0v) is 14.6. The fraction of sp³-hybridized carbons (Fsp3) is 0.786. The number of ether oxygens (including phenoxy) is 1. The molecule has 5 nitrogen and oxygen atoms in total. The molecular weight excluding hydrogens is 274 g/mol. The highest BCUT2D eigenvalue weighted by Crippen LogP contribution is 2.37. The predicted octanol–water partition coefficient (Wildman–Crippen LogP) is 2.57. The van der Waals surface area contributed by atoms with Gasteiger partial charge in [-0.15, -0.1) is 4.72 Å². The Morgan fingerprint density at radius 3 is 2.25 bits per heavy atom. The second-order valence-corrected chi connectivity index (χ2v) is 9.05. The molecule has 0 amide bonds. The summed E-state index contributed by atoms with van der Waals surface area (Å²) >= 11 is -1.17. The average Bonchev–Trinajstić information content (AvgIpc) is 2.63. The number of aryl methyl sites for hydroxylation is 1. The van der Waals surface area contributed by atoms with Crippen molar-refractivity contribution in [1.29, 1.82) is 0 Å². The summed E-state index contributed by atoms with van der Waals surface area (Å²) in [6, 6.07) is -0.154. The number of hydrogen-bond donors (Lipinski definition) is 1. The predicted molar refractivity (Wildman–Crippen MR) is 83.0 cm³/mol. The smallest absolute Gasteiger partial charge is 0.161 e. The van der Waals surface area contributed by atoms with Gasteiger partial charge in [-0.05, 0) is 26.2 Å². The molecule has 6 heteroatoms. The second-order valence-electron chi connectivity index (χ2n) is 7.05. The first-order chi connectivity index (χ1) is 8.96. The van der Waals surface area contributed by atoms with Crippen LogP contribution in [0.4, 0.5) is 0 Å². The SMILES string of the molecule is COc1cn(C)nc1[C@H](N[S@+]([O-])C(C)(C)C)C(C)(C)C. The van der Waals surface area contributed by atoms with Gasteiger partial charge in [0.05, 0.1) is 13.3 Å². The molecule has 0 bridgehead atoms. The molecule has 0 radical (unpaired) electrons. The molecule has 1 heterocycles. The molecule has 1 N–H and O–H groups in total. The Balaban J connectivity index is 3.14. The zero-order chi connectivity index (χ0) is 15.7. The van der Waals surface area contributed by atoms with E-state index in [9.17, 15) is 4.55 Å². The molecule has 1 aromatic rings. The van der Waals surface area contributed by atoms with E-state index in [0.29, 0.717) is 5.75 Å². The van der Waals surface area contributed by atoms with Crippen LogP contribution in [-0.4, -0.2) is 26.2 Å². The van der Waals surface area contributed by atoms with Crippen LogP contribution in [0.3, 0.4) is 0 Å². The van der Waals surface area contributed by atoms with E-state index in [4.69, 9.17) is 4.74 Å². The number of aromatic nitrogens is 2. The van der Waals surface area contributed by atoms with Crippen molar-refractivity contribution in [2.45, 2.75) is 52.3 Å². The van der Waals surface area contributed by atoms with Gasteiger partial charge in [-0.3, -0.25) is 4.68 Å².